The summed E-state index contributed by atoms with van der Waals surface area (Å²) in [4.78, 5) is 16.2. The first-order chi connectivity index (χ1) is 13.3. The number of ether oxygens (including phenoxy) is 3. The largest absolute Gasteiger partial charge is 0.487 e. The molecule has 28 heavy (non-hydrogen) atoms. The summed E-state index contributed by atoms with van der Waals surface area (Å²) in [6.45, 7) is 6.64. The van der Waals surface area contributed by atoms with E-state index in [0.717, 1.165) is 0 Å². The van der Waals surface area contributed by atoms with Gasteiger partial charge < -0.3 is 19.3 Å². The zero-order valence-corrected chi connectivity index (χ0v) is 16.0. The van der Waals surface area contributed by atoms with Crippen molar-refractivity contribution in [2.24, 2.45) is 0 Å². The monoisotopic (exact) mass is 379 g/mol. The third-order valence-corrected chi connectivity index (χ3v) is 4.71. The highest BCUT2D eigenvalue weighted by molar-refractivity contribution is 5.95. The molecule has 0 aliphatic carbocycles. The van der Waals surface area contributed by atoms with Gasteiger partial charge in [0.15, 0.2) is 11.5 Å². The number of rotatable bonds is 4. The maximum absolute atomic E-state index is 11.7. The lowest BCUT2D eigenvalue weighted by Crippen LogP contribution is -2.11. The molecule has 0 unspecified atom stereocenters. The SMILES string of the molecule is CC(C)(C)c1ccc(OCc2nc3cc4c(cc3cc2C(=O)O)OCO4)cc1. The summed E-state index contributed by atoms with van der Waals surface area (Å²) in [6.07, 6.45) is 0. The van der Waals surface area contributed by atoms with Gasteiger partial charge in [-0.2, -0.15) is 0 Å². The van der Waals surface area contributed by atoms with Crippen LogP contribution in [-0.4, -0.2) is 22.9 Å². The summed E-state index contributed by atoms with van der Waals surface area (Å²) >= 11 is 0. The molecular weight excluding hydrogens is 358 g/mol. The van der Waals surface area contributed by atoms with Crippen LogP contribution in [0.3, 0.4) is 0 Å². The van der Waals surface area contributed by atoms with Crippen LogP contribution >= 0.6 is 0 Å². The Morgan fingerprint density at radius 2 is 1.79 bits per heavy atom. The van der Waals surface area contributed by atoms with Gasteiger partial charge in [-0.3, -0.25) is 0 Å². The Labute approximate surface area is 162 Å². The molecule has 0 amide bonds. The number of fused-ring (bicyclic) bond motifs is 2. The third-order valence-electron chi connectivity index (χ3n) is 4.71. The first-order valence-corrected chi connectivity index (χ1v) is 9.01. The highest BCUT2D eigenvalue weighted by atomic mass is 16.7. The molecule has 1 aliphatic rings. The summed E-state index contributed by atoms with van der Waals surface area (Å²) in [5, 5.41) is 10.3. The Bertz CT molecular complexity index is 1050. The van der Waals surface area contributed by atoms with Crippen molar-refractivity contribution in [2.75, 3.05) is 6.79 Å². The van der Waals surface area contributed by atoms with Crippen LogP contribution in [0.15, 0.2) is 42.5 Å². The van der Waals surface area contributed by atoms with E-state index in [4.69, 9.17) is 14.2 Å². The molecule has 1 N–H and O–H groups in total. The number of hydrogen-bond acceptors (Lipinski definition) is 5. The van der Waals surface area contributed by atoms with E-state index in [1.165, 1.54) is 5.56 Å². The number of nitrogens with zero attached hydrogens (tertiary/aromatic N) is 1. The Balaban J connectivity index is 1.63. The number of carboxylic acids is 1. The van der Waals surface area contributed by atoms with Crippen LogP contribution < -0.4 is 14.2 Å². The molecule has 0 atom stereocenters. The lowest BCUT2D eigenvalue weighted by atomic mass is 9.87. The third kappa shape index (κ3) is 3.45. The average Bonchev–Trinajstić information content (AvgIpc) is 3.10. The number of hydrogen-bond donors (Lipinski definition) is 1. The van der Waals surface area contributed by atoms with Gasteiger partial charge in [0.05, 0.1) is 16.8 Å². The molecule has 0 saturated carbocycles. The Morgan fingerprint density at radius 3 is 2.43 bits per heavy atom. The Hall–Kier alpha value is -3.28. The van der Waals surface area contributed by atoms with Gasteiger partial charge in [0.25, 0.3) is 0 Å². The van der Waals surface area contributed by atoms with E-state index in [9.17, 15) is 9.90 Å². The van der Waals surface area contributed by atoms with Gasteiger partial charge in [-0.25, -0.2) is 9.78 Å². The van der Waals surface area contributed by atoms with E-state index in [2.05, 4.69) is 25.8 Å². The molecule has 4 rings (SSSR count). The van der Waals surface area contributed by atoms with Crippen LogP contribution in [0.5, 0.6) is 17.2 Å². The smallest absolute Gasteiger partial charge is 0.337 e. The number of aromatic nitrogens is 1. The first-order valence-electron chi connectivity index (χ1n) is 9.01. The molecule has 0 radical (unpaired) electrons. The van der Waals surface area contributed by atoms with Crippen LogP contribution in [0.1, 0.15) is 42.4 Å². The van der Waals surface area contributed by atoms with Crippen LogP contribution in [0, 0.1) is 0 Å². The minimum Gasteiger partial charge on any atom is -0.487 e. The molecule has 0 bridgehead atoms. The number of carbonyl (C=O) groups is 1. The normalized spacial score (nSPS) is 13.0. The minimum absolute atomic E-state index is 0.0564. The van der Waals surface area contributed by atoms with Gasteiger partial charge >= 0.3 is 5.97 Å². The molecule has 6 heteroatoms. The van der Waals surface area contributed by atoms with Crippen molar-refractivity contribution in [3.63, 3.8) is 0 Å². The molecule has 2 heterocycles. The van der Waals surface area contributed by atoms with E-state index >= 15 is 0 Å². The van der Waals surface area contributed by atoms with Crippen LogP contribution in [0.2, 0.25) is 0 Å². The molecule has 1 aromatic heterocycles. The molecule has 0 fully saturated rings. The molecule has 6 nitrogen and oxygen atoms in total. The predicted molar refractivity (Wildman–Crippen MR) is 104 cm³/mol. The first kappa shape index (κ1) is 18.1. The van der Waals surface area contributed by atoms with E-state index in [1.807, 2.05) is 24.3 Å². The van der Waals surface area contributed by atoms with Gasteiger partial charge in [-0.15, -0.1) is 0 Å². The van der Waals surface area contributed by atoms with Gasteiger partial charge in [0.1, 0.15) is 12.4 Å². The summed E-state index contributed by atoms with van der Waals surface area (Å²) in [6, 6.07) is 12.9. The fraction of sp³-hybridized carbons (Fsp3) is 0.273. The van der Waals surface area contributed by atoms with Gasteiger partial charge in [-0.05, 0) is 35.2 Å². The van der Waals surface area contributed by atoms with Gasteiger partial charge in [0.2, 0.25) is 6.79 Å². The van der Waals surface area contributed by atoms with Crippen molar-refractivity contribution in [1.82, 2.24) is 4.98 Å². The lowest BCUT2D eigenvalue weighted by Gasteiger charge is -2.19. The highest BCUT2D eigenvalue weighted by Crippen LogP contribution is 2.36. The van der Waals surface area contributed by atoms with Crippen molar-refractivity contribution >= 4 is 16.9 Å². The maximum Gasteiger partial charge on any atom is 0.337 e. The topological polar surface area (TPSA) is 77.9 Å². The molecular formula is C22H21NO5. The molecule has 0 spiro atoms. The number of carboxylic acid groups (broad SMARTS) is 1. The van der Waals surface area contributed by atoms with Gasteiger partial charge in [0, 0.05) is 11.5 Å². The van der Waals surface area contributed by atoms with Crippen molar-refractivity contribution in [1.29, 1.82) is 0 Å². The minimum atomic E-state index is -1.05. The van der Waals surface area contributed by atoms with Crippen LogP contribution in [0.4, 0.5) is 0 Å². The summed E-state index contributed by atoms with van der Waals surface area (Å²) in [7, 11) is 0. The molecule has 1 aliphatic heterocycles. The van der Waals surface area contributed by atoms with Gasteiger partial charge in [-0.1, -0.05) is 32.9 Å². The van der Waals surface area contributed by atoms with Crippen molar-refractivity contribution in [3.8, 4) is 17.2 Å². The molecule has 0 saturated heterocycles. The second-order valence-corrected chi connectivity index (χ2v) is 7.75. The quantitative estimate of drug-likeness (QED) is 0.717. The number of benzene rings is 2. The molecule has 3 aromatic rings. The second-order valence-electron chi connectivity index (χ2n) is 7.75. The predicted octanol–water partition coefficient (Wildman–Crippen LogP) is 4.54. The van der Waals surface area contributed by atoms with E-state index in [-0.39, 0.29) is 24.4 Å². The number of pyridine rings is 1. The van der Waals surface area contributed by atoms with Crippen LogP contribution in [0.25, 0.3) is 10.9 Å². The number of aromatic carboxylic acids is 1. The Kier molecular flexibility index (Phi) is 4.34. The maximum atomic E-state index is 11.7. The standard InChI is InChI=1S/C22H21NO5/c1-22(2,3)14-4-6-15(7-5-14)26-11-18-16(21(24)25)8-13-9-19-20(28-12-27-19)10-17(13)23-18/h4-10H,11-12H2,1-3H3,(H,24,25). The zero-order valence-electron chi connectivity index (χ0n) is 16.0. The summed E-state index contributed by atoms with van der Waals surface area (Å²) in [5.41, 5.74) is 2.36. The summed E-state index contributed by atoms with van der Waals surface area (Å²) < 4.78 is 16.5. The summed E-state index contributed by atoms with van der Waals surface area (Å²) in [5.74, 6) is 0.812. The average molecular weight is 379 g/mol. The highest BCUT2D eigenvalue weighted by Gasteiger charge is 2.19. The van der Waals surface area contributed by atoms with E-state index in [0.29, 0.717) is 33.8 Å². The van der Waals surface area contributed by atoms with Crippen molar-refractivity contribution in [3.05, 3.63) is 59.3 Å². The fourth-order valence-corrected chi connectivity index (χ4v) is 3.10. The molecule has 2 aromatic carbocycles. The van der Waals surface area contributed by atoms with E-state index < -0.39 is 5.97 Å². The fourth-order valence-electron chi connectivity index (χ4n) is 3.10. The van der Waals surface area contributed by atoms with Crippen LogP contribution in [-0.2, 0) is 12.0 Å². The molecule has 144 valence electrons. The van der Waals surface area contributed by atoms with Crippen molar-refractivity contribution < 1.29 is 24.1 Å². The van der Waals surface area contributed by atoms with E-state index in [1.54, 1.807) is 18.2 Å². The second kappa shape index (κ2) is 6.71. The zero-order chi connectivity index (χ0) is 19.9. The lowest BCUT2D eigenvalue weighted by molar-refractivity contribution is 0.0693. The van der Waals surface area contributed by atoms with Crippen molar-refractivity contribution in [2.45, 2.75) is 32.8 Å². The Morgan fingerprint density at radius 1 is 1.11 bits per heavy atom.